The monoisotopic (exact) mass is 199 g/mol. The Balaban J connectivity index is 2.43. The minimum absolute atomic E-state index is 0.493. The first-order valence-electron chi connectivity index (χ1n) is 3.31. The average molecular weight is 200 g/mol. The van der Waals surface area contributed by atoms with E-state index in [1.807, 2.05) is 11.4 Å². The highest BCUT2D eigenvalue weighted by Crippen LogP contribution is 2.27. The topological polar surface area (TPSA) is 54.7 Å². The highest BCUT2D eigenvalue weighted by Gasteiger charge is 2.03. The molecule has 0 aromatic carbocycles. The van der Waals surface area contributed by atoms with Crippen LogP contribution in [-0.4, -0.2) is 10.2 Å². The third-order valence-corrected chi connectivity index (χ3v) is 2.57. The second kappa shape index (κ2) is 2.80. The molecule has 2 aromatic heterocycles. The lowest BCUT2D eigenvalue weighted by atomic mass is 10.2. The Morgan fingerprint density at radius 1 is 1.50 bits per heavy atom. The smallest absolute Gasteiger partial charge is 0.145 e. The van der Waals surface area contributed by atoms with Gasteiger partial charge < -0.3 is 5.73 Å². The number of nitrogens with one attached hydrogen (secondary N) is 1. The van der Waals surface area contributed by atoms with Crippen LogP contribution in [0.5, 0.6) is 0 Å². The number of rotatable bonds is 1. The SMILES string of the molecule is Nc1cc(-c2csc(Cl)c2)[nH]n1. The third kappa shape index (κ3) is 1.31. The summed E-state index contributed by atoms with van der Waals surface area (Å²) in [5.74, 6) is 0.493. The number of nitrogens with zero attached hydrogens (tertiary/aromatic N) is 1. The van der Waals surface area contributed by atoms with Gasteiger partial charge in [-0.2, -0.15) is 5.10 Å². The van der Waals surface area contributed by atoms with Crippen LogP contribution in [-0.2, 0) is 0 Å². The van der Waals surface area contributed by atoms with Crippen molar-refractivity contribution in [2.24, 2.45) is 0 Å². The molecule has 3 N–H and O–H groups in total. The summed E-state index contributed by atoms with van der Waals surface area (Å²) in [5, 5.41) is 8.58. The van der Waals surface area contributed by atoms with Gasteiger partial charge in [-0.15, -0.1) is 11.3 Å². The van der Waals surface area contributed by atoms with E-state index < -0.39 is 0 Å². The Labute approximate surface area is 78.2 Å². The van der Waals surface area contributed by atoms with E-state index in [0.717, 1.165) is 15.6 Å². The summed E-state index contributed by atoms with van der Waals surface area (Å²) in [5.41, 5.74) is 7.37. The number of nitrogens with two attached hydrogens (primary N) is 1. The number of thiophene rings is 1. The molecule has 0 radical (unpaired) electrons. The Kier molecular flexibility index (Phi) is 1.78. The summed E-state index contributed by atoms with van der Waals surface area (Å²) in [7, 11) is 0. The minimum atomic E-state index is 0.493. The fraction of sp³-hybridized carbons (Fsp3) is 0. The molecule has 0 bridgehead atoms. The van der Waals surface area contributed by atoms with Crippen LogP contribution >= 0.6 is 22.9 Å². The van der Waals surface area contributed by atoms with Gasteiger partial charge in [-0.1, -0.05) is 11.6 Å². The minimum Gasteiger partial charge on any atom is -0.382 e. The van der Waals surface area contributed by atoms with Gasteiger partial charge in [-0.3, -0.25) is 5.10 Å². The van der Waals surface area contributed by atoms with Gasteiger partial charge >= 0.3 is 0 Å². The first kappa shape index (κ1) is 7.64. The average Bonchev–Trinajstić information content (AvgIpc) is 2.58. The lowest BCUT2D eigenvalue weighted by Gasteiger charge is -1.86. The lowest BCUT2D eigenvalue weighted by Crippen LogP contribution is -1.81. The van der Waals surface area contributed by atoms with Crippen LogP contribution < -0.4 is 5.73 Å². The van der Waals surface area contributed by atoms with E-state index in [2.05, 4.69) is 10.2 Å². The Morgan fingerprint density at radius 2 is 2.33 bits per heavy atom. The molecule has 0 atom stereocenters. The van der Waals surface area contributed by atoms with E-state index in [1.165, 1.54) is 11.3 Å². The fourth-order valence-corrected chi connectivity index (χ4v) is 1.82. The molecule has 0 aliphatic rings. The van der Waals surface area contributed by atoms with Gasteiger partial charge in [-0.05, 0) is 6.07 Å². The van der Waals surface area contributed by atoms with Gasteiger partial charge in [-0.25, -0.2) is 0 Å². The molecule has 12 heavy (non-hydrogen) atoms. The second-order valence-corrected chi connectivity index (χ2v) is 3.89. The molecule has 2 aromatic rings. The molecule has 2 rings (SSSR count). The summed E-state index contributed by atoms with van der Waals surface area (Å²) in [6, 6.07) is 3.65. The van der Waals surface area contributed by atoms with Gasteiger partial charge in [0.2, 0.25) is 0 Å². The summed E-state index contributed by atoms with van der Waals surface area (Å²) >= 11 is 7.26. The zero-order valence-corrected chi connectivity index (χ0v) is 7.62. The molecule has 0 saturated carbocycles. The van der Waals surface area contributed by atoms with Crippen LogP contribution in [0.4, 0.5) is 5.82 Å². The van der Waals surface area contributed by atoms with E-state index in [4.69, 9.17) is 17.3 Å². The molecule has 0 amide bonds. The maximum Gasteiger partial charge on any atom is 0.145 e. The van der Waals surface area contributed by atoms with E-state index in [0.29, 0.717) is 5.82 Å². The maximum absolute atomic E-state index is 5.77. The van der Waals surface area contributed by atoms with Crippen molar-refractivity contribution in [3.63, 3.8) is 0 Å². The number of hydrogen-bond acceptors (Lipinski definition) is 3. The van der Waals surface area contributed by atoms with Crippen molar-refractivity contribution in [3.8, 4) is 11.3 Å². The molecule has 5 heteroatoms. The number of nitrogen functional groups attached to an aromatic ring is 1. The van der Waals surface area contributed by atoms with E-state index in [-0.39, 0.29) is 0 Å². The number of H-pyrrole nitrogens is 1. The Morgan fingerprint density at radius 3 is 2.83 bits per heavy atom. The predicted molar refractivity (Wildman–Crippen MR) is 51.3 cm³/mol. The van der Waals surface area contributed by atoms with Gasteiger partial charge in [0.05, 0.1) is 10.0 Å². The van der Waals surface area contributed by atoms with Gasteiger partial charge in [0.25, 0.3) is 0 Å². The van der Waals surface area contributed by atoms with Gasteiger partial charge in [0.1, 0.15) is 5.82 Å². The zero-order chi connectivity index (χ0) is 8.55. The van der Waals surface area contributed by atoms with Crippen molar-refractivity contribution >= 4 is 28.8 Å². The molecule has 0 aliphatic heterocycles. The Bertz CT molecular complexity index is 355. The highest BCUT2D eigenvalue weighted by molar-refractivity contribution is 7.14. The first-order valence-corrected chi connectivity index (χ1v) is 4.57. The van der Waals surface area contributed by atoms with E-state index in [1.54, 1.807) is 6.07 Å². The van der Waals surface area contributed by atoms with Crippen LogP contribution in [0.3, 0.4) is 0 Å². The zero-order valence-electron chi connectivity index (χ0n) is 6.04. The van der Waals surface area contributed by atoms with E-state index >= 15 is 0 Å². The molecule has 0 fully saturated rings. The number of hydrogen-bond donors (Lipinski definition) is 2. The third-order valence-electron chi connectivity index (χ3n) is 1.48. The highest BCUT2D eigenvalue weighted by atomic mass is 35.5. The summed E-state index contributed by atoms with van der Waals surface area (Å²) in [6.45, 7) is 0. The number of halogens is 1. The molecule has 0 saturated heterocycles. The maximum atomic E-state index is 5.77. The van der Waals surface area contributed by atoms with Crippen LogP contribution in [0.15, 0.2) is 17.5 Å². The quantitative estimate of drug-likeness (QED) is 0.741. The Hall–Kier alpha value is -1.00. The summed E-state index contributed by atoms with van der Waals surface area (Å²) in [6.07, 6.45) is 0. The first-order chi connectivity index (χ1) is 5.75. The van der Waals surface area contributed by atoms with Crippen LogP contribution in [0.25, 0.3) is 11.3 Å². The molecule has 0 unspecified atom stereocenters. The molecule has 3 nitrogen and oxygen atoms in total. The van der Waals surface area contributed by atoms with Gasteiger partial charge in [0.15, 0.2) is 0 Å². The number of anilines is 1. The van der Waals surface area contributed by atoms with Gasteiger partial charge in [0, 0.05) is 17.0 Å². The van der Waals surface area contributed by atoms with Crippen molar-refractivity contribution in [2.75, 3.05) is 5.73 Å². The standard InChI is InChI=1S/C7H6ClN3S/c8-6-1-4(3-12-6)5-2-7(9)11-10-5/h1-3H,(H3,9,10,11). The second-order valence-electron chi connectivity index (χ2n) is 2.35. The molecule has 0 aliphatic carbocycles. The van der Waals surface area contributed by atoms with Crippen molar-refractivity contribution in [1.29, 1.82) is 0 Å². The van der Waals surface area contributed by atoms with E-state index in [9.17, 15) is 0 Å². The molecule has 0 spiro atoms. The van der Waals surface area contributed by atoms with Crippen LogP contribution in [0, 0.1) is 0 Å². The normalized spacial score (nSPS) is 10.4. The largest absolute Gasteiger partial charge is 0.382 e. The van der Waals surface area contributed by atoms with Crippen LogP contribution in [0.1, 0.15) is 0 Å². The van der Waals surface area contributed by atoms with Crippen molar-refractivity contribution in [1.82, 2.24) is 10.2 Å². The summed E-state index contributed by atoms with van der Waals surface area (Å²) < 4.78 is 0.762. The molecular formula is C7H6ClN3S. The van der Waals surface area contributed by atoms with Crippen molar-refractivity contribution in [2.45, 2.75) is 0 Å². The number of aromatic amines is 1. The van der Waals surface area contributed by atoms with Crippen LogP contribution in [0.2, 0.25) is 4.34 Å². The predicted octanol–water partition coefficient (Wildman–Crippen LogP) is 2.37. The molecule has 62 valence electrons. The lowest BCUT2D eigenvalue weighted by molar-refractivity contribution is 1.10. The number of aromatic nitrogens is 2. The molecular weight excluding hydrogens is 194 g/mol. The van der Waals surface area contributed by atoms with Crippen molar-refractivity contribution < 1.29 is 0 Å². The van der Waals surface area contributed by atoms with Crippen molar-refractivity contribution in [3.05, 3.63) is 21.8 Å². The fourth-order valence-electron chi connectivity index (χ4n) is 0.936. The molecule has 2 heterocycles. The summed E-state index contributed by atoms with van der Waals surface area (Å²) in [4.78, 5) is 0.